The highest BCUT2D eigenvalue weighted by Gasteiger charge is 2.37. The molecule has 0 radical (unpaired) electrons. The van der Waals surface area contributed by atoms with Gasteiger partial charge in [-0.1, -0.05) is 64.1 Å². The molecule has 1 heterocycles. The van der Waals surface area contributed by atoms with Crippen molar-refractivity contribution >= 4 is 22.9 Å². The summed E-state index contributed by atoms with van der Waals surface area (Å²) in [6.45, 7) is 8.81. The van der Waals surface area contributed by atoms with Crippen molar-refractivity contribution in [2.75, 3.05) is 5.32 Å². The lowest BCUT2D eigenvalue weighted by atomic mass is 9.81. The number of ether oxygens (including phenoxy) is 1. The van der Waals surface area contributed by atoms with Crippen molar-refractivity contribution in [1.29, 1.82) is 0 Å². The van der Waals surface area contributed by atoms with Gasteiger partial charge in [0.1, 0.15) is 11.4 Å². The molecule has 0 spiro atoms. The third-order valence-electron chi connectivity index (χ3n) is 5.69. The molecular weight excluding hydrogens is 330 g/mol. The van der Waals surface area contributed by atoms with Crippen molar-refractivity contribution in [2.45, 2.75) is 89.7 Å². The van der Waals surface area contributed by atoms with E-state index in [0.29, 0.717) is 6.04 Å². The first kappa shape index (κ1) is 18.6. The number of halogens is 1. The number of hydrogen-bond acceptors (Lipinski definition) is 2. The number of hydrogen-bond donors (Lipinski definition) is 1. The van der Waals surface area contributed by atoms with E-state index in [1.165, 1.54) is 32.1 Å². The van der Waals surface area contributed by atoms with Crippen LogP contribution in [-0.2, 0) is 0 Å². The first-order chi connectivity index (χ1) is 12.1. The first-order valence-electron chi connectivity index (χ1n) is 10.0. The topological polar surface area (TPSA) is 21.3 Å². The molecular formula is C22H32ClNO. The highest BCUT2D eigenvalue weighted by molar-refractivity contribution is 6.33. The molecule has 2 nitrogen and oxygen atoms in total. The molecule has 1 aliphatic heterocycles. The SMILES string of the molecule is C=C1CC(CCC)(CCC)Oc2cc(NC3CCCCC3)c(Cl)cc21. The van der Waals surface area contributed by atoms with Gasteiger partial charge in [-0.25, -0.2) is 0 Å². The average Bonchev–Trinajstić information content (AvgIpc) is 2.58. The summed E-state index contributed by atoms with van der Waals surface area (Å²) in [5.74, 6) is 0.959. The quantitative estimate of drug-likeness (QED) is 0.577. The van der Waals surface area contributed by atoms with Crippen LogP contribution in [0.1, 0.15) is 83.6 Å². The standard InChI is InChI=1S/C22H32ClNO/c1-4-11-22(12-5-2)15-16(3)18-13-19(23)20(14-21(18)25-22)24-17-9-7-6-8-10-17/h13-14,17,24H,3-12,15H2,1-2H3. The monoisotopic (exact) mass is 361 g/mol. The first-order valence-corrected chi connectivity index (χ1v) is 10.4. The van der Waals surface area contributed by atoms with Crippen LogP contribution in [0.4, 0.5) is 5.69 Å². The van der Waals surface area contributed by atoms with Gasteiger partial charge in [-0.3, -0.25) is 0 Å². The van der Waals surface area contributed by atoms with E-state index >= 15 is 0 Å². The molecule has 0 amide bonds. The van der Waals surface area contributed by atoms with E-state index in [4.69, 9.17) is 16.3 Å². The summed E-state index contributed by atoms with van der Waals surface area (Å²) >= 11 is 6.58. The molecule has 138 valence electrons. The van der Waals surface area contributed by atoms with Crippen molar-refractivity contribution in [2.24, 2.45) is 0 Å². The minimum atomic E-state index is -0.0937. The zero-order valence-electron chi connectivity index (χ0n) is 15.8. The van der Waals surface area contributed by atoms with Crippen molar-refractivity contribution in [3.05, 3.63) is 29.3 Å². The Morgan fingerprint density at radius 2 is 1.84 bits per heavy atom. The third-order valence-corrected chi connectivity index (χ3v) is 6.00. The summed E-state index contributed by atoms with van der Waals surface area (Å²) in [5, 5.41) is 4.45. The molecule has 0 bridgehead atoms. The number of fused-ring (bicyclic) bond motifs is 1. The van der Waals surface area contributed by atoms with Crippen LogP contribution < -0.4 is 10.1 Å². The number of rotatable bonds is 6. The van der Waals surface area contributed by atoms with Crippen LogP contribution in [0.15, 0.2) is 18.7 Å². The molecule has 1 aromatic rings. The summed E-state index contributed by atoms with van der Waals surface area (Å²) < 4.78 is 6.60. The van der Waals surface area contributed by atoms with Crippen molar-refractivity contribution in [1.82, 2.24) is 0 Å². The minimum absolute atomic E-state index is 0.0937. The molecule has 1 N–H and O–H groups in total. The lowest BCUT2D eigenvalue weighted by Crippen LogP contribution is -2.39. The smallest absolute Gasteiger partial charge is 0.129 e. The third kappa shape index (κ3) is 4.16. The highest BCUT2D eigenvalue weighted by Crippen LogP contribution is 2.46. The second-order valence-electron chi connectivity index (χ2n) is 7.87. The van der Waals surface area contributed by atoms with E-state index < -0.39 is 0 Å². The van der Waals surface area contributed by atoms with Gasteiger partial charge < -0.3 is 10.1 Å². The van der Waals surface area contributed by atoms with Crippen LogP contribution in [0.25, 0.3) is 5.57 Å². The number of anilines is 1. The lowest BCUT2D eigenvalue weighted by molar-refractivity contribution is 0.0474. The van der Waals surface area contributed by atoms with E-state index in [2.05, 4.69) is 31.8 Å². The van der Waals surface area contributed by atoms with Gasteiger partial charge >= 0.3 is 0 Å². The summed E-state index contributed by atoms with van der Waals surface area (Å²) in [5.41, 5.74) is 3.17. The second-order valence-corrected chi connectivity index (χ2v) is 8.28. The van der Waals surface area contributed by atoms with Gasteiger partial charge in [-0.2, -0.15) is 0 Å². The number of nitrogens with one attached hydrogen (secondary N) is 1. The Balaban J connectivity index is 1.87. The van der Waals surface area contributed by atoms with Gasteiger partial charge in [-0.15, -0.1) is 0 Å². The Kier molecular flexibility index (Phi) is 5.99. The highest BCUT2D eigenvalue weighted by atomic mass is 35.5. The zero-order valence-corrected chi connectivity index (χ0v) is 16.6. The predicted molar refractivity (Wildman–Crippen MR) is 109 cm³/mol. The predicted octanol–water partition coefficient (Wildman–Crippen LogP) is 7.22. The summed E-state index contributed by atoms with van der Waals surface area (Å²) in [7, 11) is 0. The molecule has 2 aliphatic rings. The van der Waals surface area contributed by atoms with Gasteiger partial charge in [0, 0.05) is 24.1 Å². The maximum atomic E-state index is 6.60. The fraction of sp³-hybridized carbons (Fsp3) is 0.636. The van der Waals surface area contributed by atoms with Crippen LogP contribution in [0.5, 0.6) is 5.75 Å². The van der Waals surface area contributed by atoms with E-state index in [-0.39, 0.29) is 5.60 Å². The molecule has 1 aromatic carbocycles. The minimum Gasteiger partial charge on any atom is -0.486 e. The van der Waals surface area contributed by atoms with Crippen LogP contribution in [-0.4, -0.2) is 11.6 Å². The largest absolute Gasteiger partial charge is 0.486 e. The van der Waals surface area contributed by atoms with E-state index in [9.17, 15) is 0 Å². The van der Waals surface area contributed by atoms with Gasteiger partial charge in [0.15, 0.2) is 0 Å². The maximum absolute atomic E-state index is 6.60. The van der Waals surface area contributed by atoms with E-state index in [0.717, 1.165) is 59.7 Å². The summed E-state index contributed by atoms with van der Waals surface area (Å²) in [6.07, 6.45) is 11.8. The Morgan fingerprint density at radius 1 is 1.16 bits per heavy atom. The molecule has 0 saturated heterocycles. The second kappa shape index (κ2) is 8.03. The normalized spacial score (nSPS) is 20.0. The van der Waals surface area contributed by atoms with E-state index in [1.54, 1.807) is 0 Å². The molecule has 1 fully saturated rings. The van der Waals surface area contributed by atoms with Crippen LogP contribution in [0.3, 0.4) is 0 Å². The molecule has 0 atom stereocenters. The van der Waals surface area contributed by atoms with Crippen LogP contribution >= 0.6 is 11.6 Å². The zero-order chi connectivity index (χ0) is 17.9. The average molecular weight is 362 g/mol. The molecule has 3 heteroatoms. The Hall–Kier alpha value is -1.15. The fourth-order valence-corrected chi connectivity index (χ4v) is 4.78. The molecule has 0 unspecified atom stereocenters. The molecule has 25 heavy (non-hydrogen) atoms. The Bertz CT molecular complexity index is 613. The Morgan fingerprint density at radius 3 is 2.48 bits per heavy atom. The Labute approximate surface area is 158 Å². The molecule has 0 aromatic heterocycles. The van der Waals surface area contributed by atoms with Gasteiger partial charge in [0.25, 0.3) is 0 Å². The van der Waals surface area contributed by atoms with Crippen LogP contribution in [0, 0.1) is 0 Å². The van der Waals surface area contributed by atoms with E-state index in [1.807, 2.05) is 6.07 Å². The summed E-state index contributed by atoms with van der Waals surface area (Å²) in [4.78, 5) is 0. The maximum Gasteiger partial charge on any atom is 0.129 e. The van der Waals surface area contributed by atoms with Crippen molar-refractivity contribution < 1.29 is 4.74 Å². The van der Waals surface area contributed by atoms with Gasteiger partial charge in [0.05, 0.1) is 10.7 Å². The molecule has 3 rings (SSSR count). The molecule has 1 aliphatic carbocycles. The van der Waals surface area contributed by atoms with Gasteiger partial charge in [-0.05, 0) is 37.3 Å². The van der Waals surface area contributed by atoms with Crippen molar-refractivity contribution in [3.63, 3.8) is 0 Å². The fourth-order valence-electron chi connectivity index (χ4n) is 4.56. The van der Waals surface area contributed by atoms with Crippen LogP contribution in [0.2, 0.25) is 5.02 Å². The number of benzene rings is 1. The lowest BCUT2D eigenvalue weighted by Gasteiger charge is -2.40. The molecule has 1 saturated carbocycles. The van der Waals surface area contributed by atoms with Gasteiger partial charge in [0.2, 0.25) is 0 Å². The summed E-state index contributed by atoms with van der Waals surface area (Å²) in [6, 6.07) is 4.70. The van der Waals surface area contributed by atoms with Crippen molar-refractivity contribution in [3.8, 4) is 5.75 Å².